The van der Waals surface area contributed by atoms with E-state index in [1.54, 1.807) is 0 Å². The smallest absolute Gasteiger partial charge is 0.220 e. The minimum Gasteiger partial charge on any atom is -0.369 e. The van der Waals surface area contributed by atoms with Gasteiger partial charge < -0.3 is 5.73 Å². The summed E-state index contributed by atoms with van der Waals surface area (Å²) in [7, 11) is 0. The summed E-state index contributed by atoms with van der Waals surface area (Å²) >= 11 is 0. The van der Waals surface area contributed by atoms with E-state index in [1.807, 2.05) is 31.2 Å². The van der Waals surface area contributed by atoms with Crippen molar-refractivity contribution in [2.24, 2.45) is 11.7 Å². The van der Waals surface area contributed by atoms with Crippen molar-refractivity contribution < 1.29 is 9.59 Å². The summed E-state index contributed by atoms with van der Waals surface area (Å²) in [6.45, 7) is 3.94. The van der Waals surface area contributed by atoms with Crippen LogP contribution in [0.15, 0.2) is 24.3 Å². The Morgan fingerprint density at radius 1 is 1.32 bits per heavy atom. The third-order valence-corrected chi connectivity index (χ3v) is 3.70. The van der Waals surface area contributed by atoms with E-state index < -0.39 is 0 Å². The first-order valence-corrected chi connectivity index (χ1v) is 6.68. The van der Waals surface area contributed by atoms with Gasteiger partial charge in [0, 0.05) is 11.5 Å². The van der Waals surface area contributed by atoms with Crippen LogP contribution in [0.25, 0.3) is 0 Å². The van der Waals surface area contributed by atoms with Crippen LogP contribution >= 0.6 is 0 Å². The van der Waals surface area contributed by atoms with Crippen LogP contribution in [-0.2, 0) is 4.79 Å². The zero-order valence-corrected chi connectivity index (χ0v) is 11.3. The van der Waals surface area contributed by atoms with Gasteiger partial charge in [0.25, 0.3) is 0 Å². The maximum atomic E-state index is 12.1. The lowest BCUT2D eigenvalue weighted by atomic mass is 9.96. The van der Waals surface area contributed by atoms with Gasteiger partial charge in [0.1, 0.15) is 0 Å². The van der Waals surface area contributed by atoms with E-state index in [0.717, 1.165) is 37.1 Å². The molecule has 1 amide bonds. The lowest BCUT2D eigenvalue weighted by molar-refractivity contribution is -0.123. The van der Waals surface area contributed by atoms with Crippen LogP contribution in [0.5, 0.6) is 0 Å². The highest BCUT2D eigenvalue weighted by molar-refractivity contribution is 5.97. The van der Waals surface area contributed by atoms with Gasteiger partial charge in [-0.1, -0.05) is 23.8 Å². The molecule has 0 bridgehead atoms. The third-order valence-electron chi connectivity index (χ3n) is 3.70. The molecular weight excluding hydrogens is 240 g/mol. The van der Waals surface area contributed by atoms with Gasteiger partial charge in [-0.15, -0.1) is 0 Å². The molecule has 0 aliphatic carbocycles. The maximum absolute atomic E-state index is 12.1. The largest absolute Gasteiger partial charge is 0.369 e. The molecule has 1 saturated heterocycles. The number of primary amides is 1. The van der Waals surface area contributed by atoms with Gasteiger partial charge in [0.2, 0.25) is 5.91 Å². The van der Waals surface area contributed by atoms with Crippen LogP contribution in [-0.4, -0.2) is 36.2 Å². The molecule has 1 aromatic carbocycles. The highest BCUT2D eigenvalue weighted by Crippen LogP contribution is 2.17. The predicted molar refractivity (Wildman–Crippen MR) is 73.9 cm³/mol. The normalized spacial score (nSPS) is 17.3. The van der Waals surface area contributed by atoms with Gasteiger partial charge >= 0.3 is 0 Å². The third kappa shape index (κ3) is 3.64. The number of nitrogens with zero attached hydrogens (tertiary/aromatic N) is 1. The molecule has 0 spiro atoms. The van der Waals surface area contributed by atoms with Crippen molar-refractivity contribution in [2.45, 2.75) is 19.8 Å². The number of Topliss-reactive ketones (excluding diaryl/α,β-unsaturated/α-hetero) is 1. The van der Waals surface area contributed by atoms with E-state index in [0.29, 0.717) is 6.54 Å². The molecule has 2 rings (SSSR count). The summed E-state index contributed by atoms with van der Waals surface area (Å²) in [6.07, 6.45) is 1.52. The lowest BCUT2D eigenvalue weighted by Crippen LogP contribution is -2.40. The molecule has 0 unspecified atom stereocenters. The minimum absolute atomic E-state index is 0.0229. The maximum Gasteiger partial charge on any atom is 0.220 e. The molecule has 0 atom stereocenters. The van der Waals surface area contributed by atoms with Crippen LogP contribution in [0.4, 0.5) is 0 Å². The highest BCUT2D eigenvalue weighted by Gasteiger charge is 2.24. The van der Waals surface area contributed by atoms with Gasteiger partial charge in [0.05, 0.1) is 6.54 Å². The second-order valence-electron chi connectivity index (χ2n) is 5.25. The SMILES string of the molecule is Cc1cccc(C(=O)CN2CCC(C(N)=O)CC2)c1. The molecule has 4 heteroatoms. The topological polar surface area (TPSA) is 63.4 Å². The van der Waals surface area contributed by atoms with Gasteiger partial charge in [-0.05, 0) is 38.9 Å². The number of aryl methyl sites for hydroxylation is 1. The average Bonchev–Trinajstić information content (AvgIpc) is 2.39. The number of hydrogen-bond donors (Lipinski definition) is 1. The molecule has 0 radical (unpaired) electrons. The fraction of sp³-hybridized carbons (Fsp3) is 0.467. The van der Waals surface area contributed by atoms with E-state index in [9.17, 15) is 9.59 Å². The molecular formula is C15H20N2O2. The molecule has 19 heavy (non-hydrogen) atoms. The molecule has 1 aliphatic rings. The number of amides is 1. The van der Waals surface area contributed by atoms with Crippen LogP contribution < -0.4 is 5.73 Å². The first-order valence-electron chi connectivity index (χ1n) is 6.68. The lowest BCUT2D eigenvalue weighted by Gasteiger charge is -2.29. The fourth-order valence-corrected chi connectivity index (χ4v) is 2.49. The molecule has 1 fully saturated rings. The standard InChI is InChI=1S/C15H20N2O2/c1-11-3-2-4-13(9-11)14(18)10-17-7-5-12(6-8-17)15(16)19/h2-4,9,12H,5-8,10H2,1H3,(H2,16,19). The number of piperidine rings is 1. The van der Waals surface area contributed by atoms with E-state index >= 15 is 0 Å². The van der Waals surface area contributed by atoms with Crippen molar-refractivity contribution in [1.29, 1.82) is 0 Å². The Kier molecular flexibility index (Phi) is 4.32. The number of hydrogen-bond acceptors (Lipinski definition) is 3. The Morgan fingerprint density at radius 2 is 2.00 bits per heavy atom. The Labute approximate surface area is 113 Å². The van der Waals surface area contributed by atoms with Gasteiger partial charge in [-0.3, -0.25) is 14.5 Å². The van der Waals surface area contributed by atoms with Crippen molar-refractivity contribution in [3.63, 3.8) is 0 Å². The van der Waals surface area contributed by atoms with Crippen LogP contribution in [0.1, 0.15) is 28.8 Å². The zero-order valence-electron chi connectivity index (χ0n) is 11.3. The molecule has 4 nitrogen and oxygen atoms in total. The Bertz CT molecular complexity index is 477. The number of ketones is 1. The van der Waals surface area contributed by atoms with Crippen molar-refractivity contribution in [1.82, 2.24) is 4.90 Å². The number of nitrogens with two attached hydrogens (primary N) is 1. The molecule has 102 valence electrons. The number of carbonyl (C=O) groups excluding carboxylic acids is 2. The first kappa shape index (κ1) is 13.7. The van der Waals surface area contributed by atoms with Crippen molar-refractivity contribution in [3.8, 4) is 0 Å². The summed E-state index contributed by atoms with van der Waals surface area (Å²) in [5.41, 5.74) is 7.15. The fourth-order valence-electron chi connectivity index (χ4n) is 2.49. The molecule has 0 aromatic heterocycles. The van der Waals surface area contributed by atoms with E-state index in [2.05, 4.69) is 4.90 Å². The molecule has 1 heterocycles. The predicted octanol–water partition coefficient (Wildman–Crippen LogP) is 1.38. The van der Waals surface area contributed by atoms with Crippen molar-refractivity contribution in [3.05, 3.63) is 35.4 Å². The molecule has 1 aromatic rings. The number of likely N-dealkylation sites (tertiary alicyclic amines) is 1. The summed E-state index contributed by atoms with van der Waals surface area (Å²) in [5, 5.41) is 0. The zero-order chi connectivity index (χ0) is 13.8. The summed E-state index contributed by atoms with van der Waals surface area (Å²) in [5.74, 6) is -0.101. The minimum atomic E-state index is -0.218. The molecule has 2 N–H and O–H groups in total. The van der Waals surface area contributed by atoms with E-state index in [4.69, 9.17) is 5.73 Å². The summed E-state index contributed by atoms with van der Waals surface area (Å²) in [6, 6.07) is 7.65. The summed E-state index contributed by atoms with van der Waals surface area (Å²) < 4.78 is 0. The van der Waals surface area contributed by atoms with Crippen LogP contribution in [0.2, 0.25) is 0 Å². The quantitative estimate of drug-likeness (QED) is 0.832. The second-order valence-corrected chi connectivity index (χ2v) is 5.25. The van der Waals surface area contributed by atoms with Gasteiger partial charge in [0.15, 0.2) is 5.78 Å². The van der Waals surface area contributed by atoms with Crippen LogP contribution in [0, 0.1) is 12.8 Å². The molecule has 1 aliphatic heterocycles. The molecule has 0 saturated carbocycles. The van der Waals surface area contributed by atoms with Crippen molar-refractivity contribution >= 4 is 11.7 Å². The van der Waals surface area contributed by atoms with E-state index in [1.165, 1.54) is 0 Å². The highest BCUT2D eigenvalue weighted by atomic mass is 16.1. The summed E-state index contributed by atoms with van der Waals surface area (Å²) in [4.78, 5) is 25.3. The Hall–Kier alpha value is -1.68. The first-order chi connectivity index (χ1) is 9.06. The number of carbonyl (C=O) groups is 2. The number of benzene rings is 1. The average molecular weight is 260 g/mol. The Morgan fingerprint density at radius 3 is 2.58 bits per heavy atom. The Balaban J connectivity index is 1.89. The van der Waals surface area contributed by atoms with Crippen LogP contribution in [0.3, 0.4) is 0 Å². The van der Waals surface area contributed by atoms with Gasteiger partial charge in [-0.2, -0.15) is 0 Å². The second kappa shape index (κ2) is 5.97. The van der Waals surface area contributed by atoms with Crippen molar-refractivity contribution in [2.75, 3.05) is 19.6 Å². The van der Waals surface area contributed by atoms with E-state index in [-0.39, 0.29) is 17.6 Å². The monoisotopic (exact) mass is 260 g/mol. The van der Waals surface area contributed by atoms with Gasteiger partial charge in [-0.25, -0.2) is 0 Å². The number of rotatable bonds is 4.